The molecule has 1 saturated heterocycles. The molecule has 1 aliphatic heterocycles. The zero-order valence-corrected chi connectivity index (χ0v) is 12.5. The molecular weight excluding hydrogens is 258 g/mol. The highest BCUT2D eigenvalue weighted by atomic mass is 32.2. The summed E-state index contributed by atoms with van der Waals surface area (Å²) in [5.74, 6) is 1.21. The van der Waals surface area contributed by atoms with E-state index in [0.717, 1.165) is 19.4 Å². The number of hydrogen-bond donors (Lipinski definition) is 1. The predicted molar refractivity (Wildman–Crippen MR) is 79.0 cm³/mol. The molecule has 4 heteroatoms. The molecule has 1 aliphatic rings. The molecule has 1 fully saturated rings. The molecule has 1 heterocycles. The molecule has 3 nitrogen and oxygen atoms in total. The first-order chi connectivity index (χ1) is 8.96. The third-order valence-corrected chi connectivity index (χ3v) is 5.64. The lowest BCUT2D eigenvalue weighted by atomic mass is 10.0. The van der Waals surface area contributed by atoms with Crippen LogP contribution in [0.1, 0.15) is 36.9 Å². The van der Waals surface area contributed by atoms with E-state index >= 15 is 0 Å². The van der Waals surface area contributed by atoms with E-state index in [1.54, 1.807) is 0 Å². The summed E-state index contributed by atoms with van der Waals surface area (Å²) in [6.07, 6.45) is 1.60. The third kappa shape index (κ3) is 4.32. The normalized spacial score (nSPS) is 21.2. The molecule has 0 aromatic heterocycles. The van der Waals surface area contributed by atoms with E-state index in [1.165, 1.54) is 11.1 Å². The van der Waals surface area contributed by atoms with Crippen molar-refractivity contribution >= 4 is 9.84 Å². The summed E-state index contributed by atoms with van der Waals surface area (Å²) in [6.45, 7) is 5.17. The van der Waals surface area contributed by atoms with Crippen molar-refractivity contribution in [2.45, 2.75) is 32.7 Å². The maximum absolute atomic E-state index is 11.4. The van der Waals surface area contributed by atoms with Crippen LogP contribution in [0.5, 0.6) is 0 Å². The number of sulfone groups is 1. The summed E-state index contributed by atoms with van der Waals surface area (Å²) in [4.78, 5) is 0. The lowest BCUT2D eigenvalue weighted by Gasteiger charge is -2.24. The van der Waals surface area contributed by atoms with Gasteiger partial charge in [0.1, 0.15) is 9.84 Å². The maximum Gasteiger partial charge on any atom is 0.150 e. The van der Waals surface area contributed by atoms with Gasteiger partial charge in [0.05, 0.1) is 11.5 Å². The highest BCUT2D eigenvalue weighted by Gasteiger charge is 2.23. The zero-order valence-electron chi connectivity index (χ0n) is 11.7. The monoisotopic (exact) mass is 281 g/mol. The molecule has 2 rings (SSSR count). The fourth-order valence-electron chi connectivity index (χ4n) is 2.54. The molecule has 0 aliphatic carbocycles. The van der Waals surface area contributed by atoms with Gasteiger partial charge in [0.2, 0.25) is 0 Å². The van der Waals surface area contributed by atoms with Crippen LogP contribution in [0.2, 0.25) is 0 Å². The van der Waals surface area contributed by atoms with Crippen LogP contribution in [0, 0.1) is 12.8 Å². The third-order valence-electron chi connectivity index (χ3n) is 3.93. The Labute approximate surface area is 116 Å². The maximum atomic E-state index is 11.4. The Morgan fingerprint density at radius 2 is 2.00 bits per heavy atom. The largest absolute Gasteiger partial charge is 0.310 e. The molecule has 0 amide bonds. The molecule has 0 bridgehead atoms. The second-order valence-electron chi connectivity index (χ2n) is 5.64. The van der Waals surface area contributed by atoms with Crippen LogP contribution >= 0.6 is 0 Å². The van der Waals surface area contributed by atoms with Gasteiger partial charge in [0.15, 0.2) is 0 Å². The molecular formula is C15H23NO2S. The highest BCUT2D eigenvalue weighted by Crippen LogP contribution is 2.20. The van der Waals surface area contributed by atoms with Crippen molar-refractivity contribution < 1.29 is 8.42 Å². The molecule has 1 N–H and O–H groups in total. The smallest absolute Gasteiger partial charge is 0.150 e. The molecule has 0 spiro atoms. The topological polar surface area (TPSA) is 46.2 Å². The Morgan fingerprint density at radius 3 is 2.63 bits per heavy atom. The van der Waals surface area contributed by atoms with Gasteiger partial charge in [-0.25, -0.2) is 8.42 Å². The van der Waals surface area contributed by atoms with Crippen LogP contribution in [0.4, 0.5) is 0 Å². The molecule has 19 heavy (non-hydrogen) atoms. The minimum absolute atomic E-state index is 0.318. The molecule has 1 aromatic carbocycles. The van der Waals surface area contributed by atoms with E-state index in [9.17, 15) is 8.42 Å². The average Bonchev–Trinajstić information content (AvgIpc) is 2.37. The first kappa shape index (κ1) is 14.5. The second kappa shape index (κ2) is 6.06. The molecule has 0 radical (unpaired) electrons. The Bertz CT molecular complexity index is 511. The van der Waals surface area contributed by atoms with E-state index < -0.39 is 9.84 Å². The van der Waals surface area contributed by atoms with Crippen molar-refractivity contribution in [2.24, 2.45) is 5.92 Å². The number of aryl methyl sites for hydroxylation is 1. The van der Waals surface area contributed by atoms with Crippen molar-refractivity contribution in [3.63, 3.8) is 0 Å². The standard InChI is InChI=1S/C15H23NO2S/c1-12-4-3-5-15(10-12)13(2)16-11-14-6-8-19(17,18)9-7-14/h3-5,10,13-14,16H,6-9,11H2,1-2H3/t13-/m1/s1. The Hall–Kier alpha value is -0.870. The van der Waals surface area contributed by atoms with Crippen LogP contribution in [0.3, 0.4) is 0 Å². The summed E-state index contributed by atoms with van der Waals surface area (Å²) >= 11 is 0. The van der Waals surface area contributed by atoms with Crippen molar-refractivity contribution in [1.82, 2.24) is 5.32 Å². The zero-order chi connectivity index (χ0) is 13.9. The number of hydrogen-bond acceptors (Lipinski definition) is 3. The highest BCUT2D eigenvalue weighted by molar-refractivity contribution is 7.91. The molecule has 1 atom stereocenters. The quantitative estimate of drug-likeness (QED) is 0.922. The van der Waals surface area contributed by atoms with Crippen LogP contribution in [0.15, 0.2) is 24.3 Å². The first-order valence-electron chi connectivity index (χ1n) is 6.97. The van der Waals surface area contributed by atoms with E-state index in [-0.39, 0.29) is 0 Å². The summed E-state index contributed by atoms with van der Waals surface area (Å²) in [6, 6.07) is 8.83. The van der Waals surface area contributed by atoms with Crippen molar-refractivity contribution in [3.05, 3.63) is 35.4 Å². The molecule has 0 saturated carbocycles. The van der Waals surface area contributed by atoms with Crippen molar-refractivity contribution in [1.29, 1.82) is 0 Å². The van der Waals surface area contributed by atoms with Gasteiger partial charge in [-0.1, -0.05) is 29.8 Å². The van der Waals surface area contributed by atoms with Gasteiger partial charge in [-0.15, -0.1) is 0 Å². The van der Waals surface area contributed by atoms with Gasteiger partial charge >= 0.3 is 0 Å². The lowest BCUT2D eigenvalue weighted by Crippen LogP contribution is -2.32. The van der Waals surface area contributed by atoms with Gasteiger partial charge in [0, 0.05) is 6.04 Å². The van der Waals surface area contributed by atoms with E-state index in [0.29, 0.717) is 23.5 Å². The van der Waals surface area contributed by atoms with E-state index in [1.807, 2.05) is 0 Å². The second-order valence-corrected chi connectivity index (χ2v) is 7.94. The van der Waals surface area contributed by atoms with Gasteiger partial charge in [-0.2, -0.15) is 0 Å². The molecule has 1 aromatic rings. The number of rotatable bonds is 4. The van der Waals surface area contributed by atoms with E-state index in [2.05, 4.69) is 43.4 Å². The van der Waals surface area contributed by atoms with Gasteiger partial charge < -0.3 is 5.32 Å². The van der Waals surface area contributed by atoms with Crippen LogP contribution in [0.25, 0.3) is 0 Å². The van der Waals surface area contributed by atoms with Crippen LogP contribution in [-0.2, 0) is 9.84 Å². The van der Waals surface area contributed by atoms with Gasteiger partial charge in [0.25, 0.3) is 0 Å². The van der Waals surface area contributed by atoms with Crippen LogP contribution in [-0.4, -0.2) is 26.5 Å². The van der Waals surface area contributed by atoms with Crippen LogP contribution < -0.4 is 5.32 Å². The Kier molecular flexibility index (Phi) is 4.63. The summed E-state index contributed by atoms with van der Waals surface area (Å²) in [5.41, 5.74) is 2.57. The summed E-state index contributed by atoms with van der Waals surface area (Å²) in [5, 5.41) is 3.53. The van der Waals surface area contributed by atoms with Crippen molar-refractivity contribution in [2.75, 3.05) is 18.1 Å². The fourth-order valence-corrected chi connectivity index (χ4v) is 4.13. The Morgan fingerprint density at radius 1 is 1.32 bits per heavy atom. The van der Waals surface area contributed by atoms with Gasteiger partial charge in [-0.05, 0) is 44.7 Å². The SMILES string of the molecule is Cc1cccc([C@@H](C)NCC2CCS(=O)(=O)CC2)c1. The minimum Gasteiger partial charge on any atom is -0.310 e. The minimum atomic E-state index is -2.74. The van der Waals surface area contributed by atoms with Gasteiger partial charge in [-0.3, -0.25) is 0 Å². The predicted octanol–water partition coefficient (Wildman–Crippen LogP) is 2.47. The average molecular weight is 281 g/mol. The molecule has 0 unspecified atom stereocenters. The number of nitrogens with one attached hydrogen (secondary N) is 1. The summed E-state index contributed by atoms with van der Waals surface area (Å²) < 4.78 is 22.7. The lowest BCUT2D eigenvalue weighted by molar-refractivity contribution is 0.410. The number of benzene rings is 1. The first-order valence-corrected chi connectivity index (χ1v) is 8.79. The molecule has 106 valence electrons. The van der Waals surface area contributed by atoms with Crippen molar-refractivity contribution in [3.8, 4) is 0 Å². The summed E-state index contributed by atoms with van der Waals surface area (Å²) in [7, 11) is -2.74. The van der Waals surface area contributed by atoms with E-state index in [4.69, 9.17) is 0 Å². The fraction of sp³-hybridized carbons (Fsp3) is 0.600. The Balaban J connectivity index is 1.83.